The average Bonchev–Trinajstić information content (AvgIpc) is 2.75. The largest absolute Gasteiger partial charge is 0.325 e. The normalized spacial score (nSPS) is 23.3. The maximum Gasteiger partial charge on any atom is 0.229 e. The molecule has 5 nitrogen and oxygen atoms in total. The first-order chi connectivity index (χ1) is 8.89. The van der Waals surface area contributed by atoms with E-state index in [4.69, 9.17) is 0 Å². The van der Waals surface area contributed by atoms with Crippen LogP contribution in [0, 0.1) is 11.8 Å². The number of anilines is 1. The van der Waals surface area contributed by atoms with Crippen molar-refractivity contribution in [3.05, 3.63) is 24.3 Å². The highest BCUT2D eigenvalue weighted by Gasteiger charge is 2.30. The topological polar surface area (TPSA) is 75.3 Å². The van der Waals surface area contributed by atoms with Gasteiger partial charge >= 0.3 is 0 Å². The summed E-state index contributed by atoms with van der Waals surface area (Å²) in [7, 11) is -3.35. The highest BCUT2D eigenvalue weighted by atomic mass is 32.2. The van der Waals surface area contributed by atoms with Crippen molar-refractivity contribution in [3.63, 3.8) is 0 Å². The minimum absolute atomic E-state index is 0.118. The van der Waals surface area contributed by atoms with Crippen LogP contribution in [0.15, 0.2) is 29.2 Å². The van der Waals surface area contributed by atoms with Crippen LogP contribution < -0.4 is 10.6 Å². The molecule has 6 heteroatoms. The fraction of sp³-hybridized carbons (Fsp3) is 0.462. The van der Waals surface area contributed by atoms with E-state index in [9.17, 15) is 13.2 Å². The van der Waals surface area contributed by atoms with Crippen molar-refractivity contribution >= 4 is 21.4 Å². The monoisotopic (exact) mass is 282 g/mol. The van der Waals surface area contributed by atoms with E-state index in [1.807, 2.05) is 6.92 Å². The molecule has 0 spiro atoms. The minimum Gasteiger partial charge on any atom is -0.325 e. The lowest BCUT2D eigenvalue weighted by Crippen LogP contribution is -2.28. The highest BCUT2D eigenvalue weighted by molar-refractivity contribution is 7.90. The number of nitrogens with one attached hydrogen (secondary N) is 2. The summed E-state index contributed by atoms with van der Waals surface area (Å²) in [6, 6.07) is 6.47. The van der Waals surface area contributed by atoms with Gasteiger partial charge in [0.1, 0.15) is 0 Å². The molecule has 1 amide bonds. The Hall–Kier alpha value is -1.40. The van der Waals surface area contributed by atoms with E-state index in [0.717, 1.165) is 12.8 Å². The van der Waals surface area contributed by atoms with E-state index in [0.29, 0.717) is 12.2 Å². The zero-order chi connectivity index (χ0) is 14.0. The van der Waals surface area contributed by atoms with Crippen LogP contribution in [0.4, 0.5) is 5.69 Å². The standard InChI is InChI=1S/C13H18N2O3S/c1-9-7-14-8-10(9)13(16)15-11-5-3-4-6-12(11)19(2,17)18/h3-6,9-10,14H,7-8H2,1-2H3,(H,15,16)/t9-,10-/m1/s1. The van der Waals surface area contributed by atoms with Crippen molar-refractivity contribution in [1.29, 1.82) is 0 Å². The molecule has 1 aliphatic rings. The van der Waals surface area contributed by atoms with Gasteiger partial charge in [0.15, 0.2) is 9.84 Å². The molecule has 1 aromatic rings. The molecule has 2 atom stereocenters. The van der Waals surface area contributed by atoms with Gasteiger partial charge in [0.05, 0.1) is 16.5 Å². The molecular weight excluding hydrogens is 264 g/mol. The van der Waals surface area contributed by atoms with Gasteiger partial charge in [-0.15, -0.1) is 0 Å². The zero-order valence-electron chi connectivity index (χ0n) is 11.0. The van der Waals surface area contributed by atoms with Crippen LogP contribution in [0.25, 0.3) is 0 Å². The van der Waals surface area contributed by atoms with Crippen LogP contribution in [-0.2, 0) is 14.6 Å². The van der Waals surface area contributed by atoms with Gasteiger partial charge < -0.3 is 10.6 Å². The molecule has 0 aromatic heterocycles. The first-order valence-electron chi connectivity index (χ1n) is 6.20. The Balaban J connectivity index is 2.22. The van der Waals surface area contributed by atoms with E-state index < -0.39 is 9.84 Å². The van der Waals surface area contributed by atoms with Crippen LogP contribution in [0.5, 0.6) is 0 Å². The van der Waals surface area contributed by atoms with E-state index in [2.05, 4.69) is 10.6 Å². The first kappa shape index (κ1) is 14.0. The molecule has 0 saturated carbocycles. The van der Waals surface area contributed by atoms with Gasteiger partial charge in [-0.3, -0.25) is 4.79 Å². The van der Waals surface area contributed by atoms with Crippen molar-refractivity contribution < 1.29 is 13.2 Å². The van der Waals surface area contributed by atoms with Crippen LogP contribution in [0.1, 0.15) is 6.92 Å². The third-order valence-electron chi connectivity index (χ3n) is 3.40. The number of hydrogen-bond acceptors (Lipinski definition) is 4. The molecular formula is C13H18N2O3S. The zero-order valence-corrected chi connectivity index (χ0v) is 11.8. The smallest absolute Gasteiger partial charge is 0.229 e. The van der Waals surface area contributed by atoms with Crippen LogP contribution in [0.2, 0.25) is 0 Å². The summed E-state index contributed by atoms with van der Waals surface area (Å²) in [5.41, 5.74) is 0.356. The van der Waals surface area contributed by atoms with Crippen molar-refractivity contribution in [2.24, 2.45) is 11.8 Å². The number of amides is 1. The fourth-order valence-corrected chi connectivity index (χ4v) is 3.12. The number of rotatable bonds is 3. The molecule has 2 rings (SSSR count). The van der Waals surface area contributed by atoms with Crippen LogP contribution >= 0.6 is 0 Å². The molecule has 2 N–H and O–H groups in total. The maximum atomic E-state index is 12.2. The molecule has 1 heterocycles. The number of hydrogen-bond donors (Lipinski definition) is 2. The minimum atomic E-state index is -3.35. The van der Waals surface area contributed by atoms with E-state index in [1.165, 1.54) is 6.07 Å². The fourth-order valence-electron chi connectivity index (χ4n) is 2.28. The second kappa shape index (κ2) is 5.30. The van der Waals surface area contributed by atoms with Gasteiger partial charge in [0.25, 0.3) is 0 Å². The highest BCUT2D eigenvalue weighted by Crippen LogP contribution is 2.23. The van der Waals surface area contributed by atoms with Gasteiger partial charge in [-0.25, -0.2) is 8.42 Å². The van der Waals surface area contributed by atoms with Crippen LogP contribution in [-0.4, -0.2) is 33.7 Å². The second-order valence-corrected chi connectivity index (χ2v) is 6.98. The van der Waals surface area contributed by atoms with Gasteiger partial charge in [0.2, 0.25) is 5.91 Å². The van der Waals surface area contributed by atoms with Crippen LogP contribution in [0.3, 0.4) is 0 Å². The molecule has 104 valence electrons. The van der Waals surface area contributed by atoms with Gasteiger partial charge in [-0.1, -0.05) is 19.1 Å². The van der Waals surface area contributed by atoms with Gasteiger partial charge in [-0.05, 0) is 24.6 Å². The molecule has 1 aliphatic heterocycles. The Kier molecular flexibility index (Phi) is 3.91. The van der Waals surface area contributed by atoms with E-state index >= 15 is 0 Å². The Labute approximate surface area is 113 Å². The third-order valence-corrected chi connectivity index (χ3v) is 4.55. The molecule has 0 aliphatic carbocycles. The lowest BCUT2D eigenvalue weighted by molar-refractivity contribution is -0.120. The molecule has 1 fully saturated rings. The Morgan fingerprint density at radius 1 is 1.32 bits per heavy atom. The van der Waals surface area contributed by atoms with Gasteiger partial charge in [0, 0.05) is 12.8 Å². The summed E-state index contributed by atoms with van der Waals surface area (Å²) in [4.78, 5) is 12.3. The number of para-hydroxylation sites is 1. The SMILES string of the molecule is C[C@@H]1CNC[C@H]1C(=O)Nc1ccccc1S(C)(=O)=O. The Bertz CT molecular complexity index is 583. The maximum absolute atomic E-state index is 12.2. The van der Waals surface area contributed by atoms with Gasteiger partial charge in [-0.2, -0.15) is 0 Å². The quantitative estimate of drug-likeness (QED) is 0.863. The van der Waals surface area contributed by atoms with E-state index in [-0.39, 0.29) is 22.6 Å². The first-order valence-corrected chi connectivity index (χ1v) is 8.09. The second-order valence-electron chi connectivity index (χ2n) is 5.00. The van der Waals surface area contributed by atoms with Crippen molar-refractivity contribution in [3.8, 4) is 0 Å². The number of sulfone groups is 1. The third kappa shape index (κ3) is 3.13. The predicted octanol–water partition coefficient (Wildman–Crippen LogP) is 0.884. The predicted molar refractivity (Wildman–Crippen MR) is 73.7 cm³/mol. The number of carbonyl (C=O) groups is 1. The number of benzene rings is 1. The van der Waals surface area contributed by atoms with Crippen molar-refractivity contribution in [2.45, 2.75) is 11.8 Å². The summed E-state index contributed by atoms with van der Waals surface area (Å²) in [5.74, 6) is 0.00612. The summed E-state index contributed by atoms with van der Waals surface area (Å²) < 4.78 is 23.3. The number of carbonyl (C=O) groups excluding carboxylic acids is 1. The summed E-state index contributed by atoms with van der Waals surface area (Å²) in [6.07, 6.45) is 1.14. The molecule has 1 saturated heterocycles. The lowest BCUT2D eigenvalue weighted by Gasteiger charge is -2.15. The average molecular weight is 282 g/mol. The van der Waals surface area contributed by atoms with Crippen molar-refractivity contribution in [1.82, 2.24) is 5.32 Å². The molecule has 1 aromatic carbocycles. The molecule has 0 bridgehead atoms. The molecule has 0 unspecified atom stereocenters. The summed E-state index contributed by atoms with van der Waals surface area (Å²) in [5, 5.41) is 5.89. The lowest BCUT2D eigenvalue weighted by atomic mass is 9.97. The summed E-state index contributed by atoms with van der Waals surface area (Å²) >= 11 is 0. The molecule has 19 heavy (non-hydrogen) atoms. The molecule has 0 radical (unpaired) electrons. The Morgan fingerprint density at radius 2 is 2.00 bits per heavy atom. The van der Waals surface area contributed by atoms with E-state index in [1.54, 1.807) is 18.2 Å². The van der Waals surface area contributed by atoms with Crippen molar-refractivity contribution in [2.75, 3.05) is 24.7 Å². The Morgan fingerprint density at radius 3 is 2.58 bits per heavy atom. The summed E-state index contributed by atoms with van der Waals surface area (Å²) in [6.45, 7) is 3.45.